The normalized spacial score (nSPS) is 12.9. The van der Waals surface area contributed by atoms with E-state index in [9.17, 15) is 0 Å². The molecule has 0 radical (unpaired) electrons. The SMILES string of the molecule is NC(NCCc1cnc[nH]1)c1cnc[nH]1. The lowest BCUT2D eigenvalue weighted by Gasteiger charge is -2.10. The minimum atomic E-state index is -0.199. The molecule has 6 heteroatoms. The topological polar surface area (TPSA) is 95.4 Å². The summed E-state index contributed by atoms with van der Waals surface area (Å²) in [5.74, 6) is 0. The van der Waals surface area contributed by atoms with Gasteiger partial charge in [-0.05, 0) is 0 Å². The molecular formula is C9H14N6. The lowest BCUT2D eigenvalue weighted by atomic mass is 10.3. The summed E-state index contributed by atoms with van der Waals surface area (Å²) < 4.78 is 0. The average Bonchev–Trinajstić information content (AvgIpc) is 2.90. The van der Waals surface area contributed by atoms with E-state index in [0.717, 1.165) is 24.4 Å². The number of hydrogen-bond donors (Lipinski definition) is 4. The van der Waals surface area contributed by atoms with Crippen molar-refractivity contribution in [2.75, 3.05) is 6.54 Å². The molecule has 2 aromatic heterocycles. The van der Waals surface area contributed by atoms with E-state index in [1.54, 1.807) is 18.9 Å². The van der Waals surface area contributed by atoms with Gasteiger partial charge in [0.05, 0.1) is 30.7 Å². The monoisotopic (exact) mass is 206 g/mol. The molecule has 0 bridgehead atoms. The van der Waals surface area contributed by atoms with Crippen molar-refractivity contribution in [2.45, 2.75) is 12.6 Å². The minimum absolute atomic E-state index is 0.199. The van der Waals surface area contributed by atoms with Gasteiger partial charge in [-0.3, -0.25) is 5.32 Å². The van der Waals surface area contributed by atoms with Gasteiger partial charge in [0, 0.05) is 24.9 Å². The predicted octanol–water partition coefficient (Wildman–Crippen LogP) is -0.0776. The highest BCUT2D eigenvalue weighted by atomic mass is 15.1. The molecule has 15 heavy (non-hydrogen) atoms. The van der Waals surface area contributed by atoms with Gasteiger partial charge in [0.1, 0.15) is 0 Å². The van der Waals surface area contributed by atoms with Crippen molar-refractivity contribution in [3.63, 3.8) is 0 Å². The third-order valence-corrected chi connectivity index (χ3v) is 2.17. The molecule has 2 heterocycles. The molecule has 0 aliphatic carbocycles. The van der Waals surface area contributed by atoms with Crippen molar-refractivity contribution in [1.82, 2.24) is 25.3 Å². The first-order chi connectivity index (χ1) is 7.36. The lowest BCUT2D eigenvalue weighted by Crippen LogP contribution is -2.30. The minimum Gasteiger partial charge on any atom is -0.348 e. The maximum Gasteiger partial charge on any atom is 0.0979 e. The first-order valence-electron chi connectivity index (χ1n) is 4.81. The van der Waals surface area contributed by atoms with Gasteiger partial charge in [0.2, 0.25) is 0 Å². The second-order valence-electron chi connectivity index (χ2n) is 3.27. The molecule has 0 spiro atoms. The second-order valence-corrected chi connectivity index (χ2v) is 3.27. The second kappa shape index (κ2) is 4.72. The van der Waals surface area contributed by atoms with Crippen LogP contribution in [0.2, 0.25) is 0 Å². The summed E-state index contributed by atoms with van der Waals surface area (Å²) in [6.07, 6.45) is 7.49. The molecule has 1 unspecified atom stereocenters. The molecule has 80 valence electrons. The Bertz CT molecular complexity index is 365. The van der Waals surface area contributed by atoms with Crippen LogP contribution in [-0.4, -0.2) is 26.5 Å². The van der Waals surface area contributed by atoms with E-state index in [1.165, 1.54) is 0 Å². The molecule has 6 nitrogen and oxygen atoms in total. The van der Waals surface area contributed by atoms with E-state index in [4.69, 9.17) is 5.73 Å². The van der Waals surface area contributed by atoms with Crippen LogP contribution in [0.5, 0.6) is 0 Å². The highest BCUT2D eigenvalue weighted by Crippen LogP contribution is 2.00. The Balaban J connectivity index is 1.74. The number of H-pyrrole nitrogens is 2. The number of nitrogens with two attached hydrogens (primary N) is 1. The Morgan fingerprint density at radius 2 is 2.07 bits per heavy atom. The van der Waals surface area contributed by atoms with Gasteiger partial charge < -0.3 is 15.7 Å². The molecule has 0 amide bonds. The zero-order valence-electron chi connectivity index (χ0n) is 8.27. The van der Waals surface area contributed by atoms with Gasteiger partial charge in [0.15, 0.2) is 0 Å². The van der Waals surface area contributed by atoms with Gasteiger partial charge in [0.25, 0.3) is 0 Å². The Morgan fingerprint density at radius 1 is 1.27 bits per heavy atom. The Hall–Kier alpha value is -1.66. The third kappa shape index (κ3) is 2.64. The number of nitrogens with zero attached hydrogens (tertiary/aromatic N) is 2. The first-order valence-corrected chi connectivity index (χ1v) is 4.81. The molecule has 0 aliphatic heterocycles. The number of imidazole rings is 2. The summed E-state index contributed by atoms with van der Waals surface area (Å²) in [4.78, 5) is 13.8. The standard InChI is InChI=1S/C9H14N6/c10-9(8-4-12-6-15-8)13-2-1-7-3-11-5-14-7/h3-6,9,13H,1-2,10H2,(H,11,14)(H,12,15). The van der Waals surface area contributed by atoms with Gasteiger partial charge in [-0.25, -0.2) is 9.97 Å². The number of nitrogens with one attached hydrogen (secondary N) is 3. The molecule has 2 aromatic rings. The van der Waals surface area contributed by atoms with Gasteiger partial charge in [-0.1, -0.05) is 0 Å². The molecule has 2 rings (SSSR count). The van der Waals surface area contributed by atoms with Crippen LogP contribution in [0.3, 0.4) is 0 Å². The Kier molecular flexibility index (Phi) is 3.11. The summed E-state index contributed by atoms with van der Waals surface area (Å²) in [6.45, 7) is 0.794. The van der Waals surface area contributed by atoms with E-state index in [-0.39, 0.29) is 6.17 Å². The van der Waals surface area contributed by atoms with Gasteiger partial charge in [-0.15, -0.1) is 0 Å². The van der Waals surface area contributed by atoms with Crippen molar-refractivity contribution in [3.05, 3.63) is 36.4 Å². The first kappa shape index (κ1) is 9.88. The van der Waals surface area contributed by atoms with Crippen molar-refractivity contribution < 1.29 is 0 Å². The van der Waals surface area contributed by atoms with Crippen molar-refractivity contribution in [3.8, 4) is 0 Å². The lowest BCUT2D eigenvalue weighted by molar-refractivity contribution is 0.542. The number of aromatic nitrogens is 4. The van der Waals surface area contributed by atoms with E-state index in [0.29, 0.717) is 0 Å². The third-order valence-electron chi connectivity index (χ3n) is 2.17. The van der Waals surface area contributed by atoms with E-state index in [2.05, 4.69) is 25.3 Å². The molecule has 0 aromatic carbocycles. The molecule has 0 saturated carbocycles. The van der Waals surface area contributed by atoms with Crippen LogP contribution in [0.4, 0.5) is 0 Å². The van der Waals surface area contributed by atoms with E-state index < -0.39 is 0 Å². The Morgan fingerprint density at radius 3 is 2.73 bits per heavy atom. The van der Waals surface area contributed by atoms with E-state index >= 15 is 0 Å². The summed E-state index contributed by atoms with van der Waals surface area (Å²) in [6, 6.07) is 0. The summed E-state index contributed by atoms with van der Waals surface area (Å²) in [5.41, 5.74) is 7.86. The fourth-order valence-electron chi connectivity index (χ4n) is 1.33. The van der Waals surface area contributed by atoms with Crippen LogP contribution in [0.15, 0.2) is 25.0 Å². The predicted molar refractivity (Wildman–Crippen MR) is 55.8 cm³/mol. The quantitative estimate of drug-likeness (QED) is 0.515. The number of aromatic amines is 2. The molecule has 5 N–H and O–H groups in total. The summed E-state index contributed by atoms with van der Waals surface area (Å²) in [7, 11) is 0. The van der Waals surface area contributed by atoms with Crippen LogP contribution in [-0.2, 0) is 6.42 Å². The highest BCUT2D eigenvalue weighted by Gasteiger charge is 2.05. The highest BCUT2D eigenvalue weighted by molar-refractivity contribution is 5.00. The molecule has 0 saturated heterocycles. The van der Waals surface area contributed by atoms with Crippen molar-refractivity contribution in [2.24, 2.45) is 5.73 Å². The van der Waals surface area contributed by atoms with Crippen LogP contribution in [0.25, 0.3) is 0 Å². The Labute approximate surface area is 87.3 Å². The van der Waals surface area contributed by atoms with Crippen LogP contribution < -0.4 is 11.1 Å². The molecular weight excluding hydrogens is 192 g/mol. The number of hydrogen-bond acceptors (Lipinski definition) is 4. The molecule has 0 aliphatic rings. The average molecular weight is 206 g/mol. The van der Waals surface area contributed by atoms with E-state index in [1.807, 2.05) is 6.20 Å². The molecule has 0 fully saturated rings. The fraction of sp³-hybridized carbons (Fsp3) is 0.333. The van der Waals surface area contributed by atoms with Crippen LogP contribution >= 0.6 is 0 Å². The van der Waals surface area contributed by atoms with Crippen LogP contribution in [0.1, 0.15) is 17.6 Å². The fourth-order valence-corrected chi connectivity index (χ4v) is 1.33. The van der Waals surface area contributed by atoms with Crippen molar-refractivity contribution in [1.29, 1.82) is 0 Å². The van der Waals surface area contributed by atoms with Gasteiger partial charge >= 0.3 is 0 Å². The zero-order valence-corrected chi connectivity index (χ0v) is 8.27. The maximum absolute atomic E-state index is 5.87. The largest absolute Gasteiger partial charge is 0.348 e. The molecule has 1 atom stereocenters. The van der Waals surface area contributed by atoms with Crippen LogP contribution in [0, 0.1) is 0 Å². The van der Waals surface area contributed by atoms with Crippen molar-refractivity contribution >= 4 is 0 Å². The summed E-state index contributed by atoms with van der Waals surface area (Å²) in [5, 5.41) is 3.18. The number of rotatable bonds is 5. The van der Waals surface area contributed by atoms with Gasteiger partial charge in [-0.2, -0.15) is 0 Å². The maximum atomic E-state index is 5.87. The zero-order chi connectivity index (χ0) is 10.5. The summed E-state index contributed by atoms with van der Waals surface area (Å²) >= 11 is 0. The smallest absolute Gasteiger partial charge is 0.0979 e.